The first-order chi connectivity index (χ1) is 16.7. The first-order valence-electron chi connectivity index (χ1n) is 11.2. The molecule has 1 fully saturated rings. The number of methoxy groups -OCH3 is 3. The highest BCUT2D eigenvalue weighted by Crippen LogP contribution is 2.45. The average molecular weight is 504 g/mol. The van der Waals surface area contributed by atoms with Crippen molar-refractivity contribution in [2.45, 2.75) is 32.4 Å². The molecule has 3 rings (SSSR count). The zero-order chi connectivity index (χ0) is 25.7. The second-order valence-electron chi connectivity index (χ2n) is 8.23. The van der Waals surface area contributed by atoms with Crippen molar-refractivity contribution in [2.24, 2.45) is 0 Å². The number of rotatable bonds is 10. The van der Waals surface area contributed by atoms with Crippen molar-refractivity contribution in [3.05, 3.63) is 58.1 Å². The lowest BCUT2D eigenvalue weighted by Gasteiger charge is -2.27. The van der Waals surface area contributed by atoms with E-state index in [0.717, 1.165) is 0 Å². The summed E-state index contributed by atoms with van der Waals surface area (Å²) in [5, 5.41) is 11.6. The highest BCUT2D eigenvalue weighted by atomic mass is 35.5. The van der Waals surface area contributed by atoms with E-state index < -0.39 is 23.5 Å². The molecule has 0 aliphatic carbocycles. The molecule has 0 bridgehead atoms. The number of aliphatic hydroxyl groups is 1. The van der Waals surface area contributed by atoms with Crippen LogP contribution in [0.3, 0.4) is 0 Å². The van der Waals surface area contributed by atoms with Gasteiger partial charge in [-0.3, -0.25) is 9.59 Å². The molecule has 1 aliphatic rings. The van der Waals surface area contributed by atoms with Gasteiger partial charge < -0.3 is 29.0 Å². The zero-order valence-corrected chi connectivity index (χ0v) is 21.2. The Morgan fingerprint density at radius 3 is 2.37 bits per heavy atom. The quantitative estimate of drug-likeness (QED) is 0.219. The van der Waals surface area contributed by atoms with Crippen molar-refractivity contribution in [3.63, 3.8) is 0 Å². The number of halogens is 1. The first-order valence-corrected chi connectivity index (χ1v) is 11.6. The number of aliphatic hydroxyl groups excluding tert-OH is 1. The number of likely N-dealkylation sites (tertiary alicyclic amines) is 1. The number of para-hydroxylation sites is 1. The van der Waals surface area contributed by atoms with Gasteiger partial charge in [0.2, 0.25) is 0 Å². The molecule has 0 radical (unpaired) electrons. The molecule has 1 unspecified atom stereocenters. The fourth-order valence-electron chi connectivity index (χ4n) is 4.07. The molecule has 1 N–H and O–H groups in total. The van der Waals surface area contributed by atoms with Gasteiger partial charge in [0.15, 0.2) is 0 Å². The van der Waals surface area contributed by atoms with Crippen LogP contribution in [0.15, 0.2) is 42.0 Å². The summed E-state index contributed by atoms with van der Waals surface area (Å²) >= 11 is 6.31. The number of ketones is 1. The molecular weight excluding hydrogens is 474 g/mol. The summed E-state index contributed by atoms with van der Waals surface area (Å²) in [4.78, 5) is 27.9. The second-order valence-corrected chi connectivity index (χ2v) is 8.64. The fraction of sp³-hybridized carbons (Fsp3) is 0.385. The third-order valence-corrected chi connectivity index (χ3v) is 5.89. The van der Waals surface area contributed by atoms with E-state index in [0.29, 0.717) is 30.1 Å². The Morgan fingerprint density at radius 1 is 1.06 bits per heavy atom. The second kappa shape index (κ2) is 11.5. The van der Waals surface area contributed by atoms with Gasteiger partial charge in [-0.15, -0.1) is 0 Å². The maximum absolute atomic E-state index is 13.3. The summed E-state index contributed by atoms with van der Waals surface area (Å²) in [6.07, 6.45) is 0.359. The van der Waals surface area contributed by atoms with Crippen molar-refractivity contribution in [1.29, 1.82) is 0 Å². The summed E-state index contributed by atoms with van der Waals surface area (Å²) in [7, 11) is 4.44. The maximum Gasteiger partial charge on any atom is 0.295 e. The lowest BCUT2D eigenvalue weighted by Crippen LogP contribution is -2.31. The van der Waals surface area contributed by atoms with Crippen LogP contribution in [0, 0.1) is 0 Å². The van der Waals surface area contributed by atoms with Crippen LogP contribution < -0.4 is 14.2 Å². The van der Waals surface area contributed by atoms with Crippen molar-refractivity contribution in [1.82, 2.24) is 4.90 Å². The van der Waals surface area contributed by atoms with E-state index >= 15 is 0 Å². The van der Waals surface area contributed by atoms with Crippen LogP contribution in [0.1, 0.15) is 37.4 Å². The van der Waals surface area contributed by atoms with Gasteiger partial charge in [0, 0.05) is 31.9 Å². The third-order valence-electron chi connectivity index (χ3n) is 5.59. The van der Waals surface area contributed by atoms with Crippen LogP contribution in [-0.4, -0.2) is 62.3 Å². The van der Waals surface area contributed by atoms with Crippen molar-refractivity contribution in [2.75, 3.05) is 34.5 Å². The van der Waals surface area contributed by atoms with Gasteiger partial charge >= 0.3 is 0 Å². The summed E-state index contributed by atoms with van der Waals surface area (Å²) in [5.41, 5.74) is 0.671. The first kappa shape index (κ1) is 26.4. The number of ether oxygens (including phenoxy) is 4. The van der Waals surface area contributed by atoms with Crippen LogP contribution in [0.5, 0.6) is 17.2 Å². The normalized spacial score (nSPS) is 17.2. The predicted octanol–water partition coefficient (Wildman–Crippen LogP) is 4.60. The van der Waals surface area contributed by atoms with E-state index in [2.05, 4.69) is 0 Å². The van der Waals surface area contributed by atoms with Crippen LogP contribution in [-0.2, 0) is 14.3 Å². The molecule has 188 valence electrons. The Labute approximate surface area is 210 Å². The van der Waals surface area contributed by atoms with Crippen LogP contribution in [0.25, 0.3) is 5.76 Å². The maximum atomic E-state index is 13.3. The molecule has 2 aromatic rings. The van der Waals surface area contributed by atoms with E-state index in [-0.39, 0.29) is 34.6 Å². The molecule has 1 atom stereocenters. The molecule has 2 aromatic carbocycles. The molecule has 35 heavy (non-hydrogen) atoms. The minimum atomic E-state index is -0.882. The Morgan fingerprint density at radius 2 is 1.74 bits per heavy atom. The standard InChI is InChI=1S/C26H30ClNO7/c1-15(2)35-19-10-7-6-9-16(19)23-22(25(30)26(31)28(23)11-8-12-32-3)24(29)17-13-18(27)21(34-5)14-20(17)33-4/h6-7,9-10,13-15,23,29H,8,11-12H2,1-5H3/b24-22+. The SMILES string of the molecule is COCCCN1C(=O)C(=O)/C(=C(/O)c2cc(Cl)c(OC)cc2OC)C1c1ccccc1OC(C)C. The van der Waals surface area contributed by atoms with Gasteiger partial charge in [-0.2, -0.15) is 0 Å². The molecule has 1 saturated heterocycles. The summed E-state index contributed by atoms with van der Waals surface area (Å²) in [6.45, 7) is 4.42. The number of amides is 1. The lowest BCUT2D eigenvalue weighted by molar-refractivity contribution is -0.140. The lowest BCUT2D eigenvalue weighted by atomic mass is 9.94. The molecule has 0 spiro atoms. The van der Waals surface area contributed by atoms with E-state index in [1.807, 2.05) is 19.9 Å². The van der Waals surface area contributed by atoms with Gasteiger partial charge in [-0.1, -0.05) is 29.8 Å². The Hall–Kier alpha value is -3.23. The number of hydrogen-bond acceptors (Lipinski definition) is 7. The molecule has 1 amide bonds. The Balaban J connectivity index is 2.26. The van der Waals surface area contributed by atoms with Crippen LogP contribution in [0.4, 0.5) is 0 Å². The summed E-state index contributed by atoms with van der Waals surface area (Å²) in [6, 6.07) is 9.23. The van der Waals surface area contributed by atoms with Crippen molar-refractivity contribution in [3.8, 4) is 17.2 Å². The van der Waals surface area contributed by atoms with Gasteiger partial charge in [0.05, 0.1) is 42.5 Å². The number of hydrogen-bond donors (Lipinski definition) is 1. The molecule has 8 nitrogen and oxygen atoms in total. The molecule has 0 aromatic heterocycles. The molecular formula is C26H30ClNO7. The van der Waals surface area contributed by atoms with Gasteiger partial charge in [0.25, 0.3) is 11.7 Å². The van der Waals surface area contributed by atoms with Crippen LogP contribution >= 0.6 is 11.6 Å². The Kier molecular flexibility index (Phi) is 8.64. The predicted molar refractivity (Wildman–Crippen MR) is 132 cm³/mol. The smallest absolute Gasteiger partial charge is 0.295 e. The number of Topliss-reactive ketones (excluding diaryl/α,β-unsaturated/α-hetero) is 1. The fourth-order valence-corrected chi connectivity index (χ4v) is 4.31. The van der Waals surface area contributed by atoms with Crippen molar-refractivity contribution >= 4 is 29.1 Å². The number of carbonyl (C=O) groups is 2. The molecule has 1 heterocycles. The van der Waals surface area contributed by atoms with Crippen LogP contribution in [0.2, 0.25) is 5.02 Å². The third kappa shape index (κ3) is 5.39. The number of carbonyl (C=O) groups excluding carboxylic acids is 2. The molecule has 9 heteroatoms. The van der Waals surface area contributed by atoms with E-state index in [4.69, 9.17) is 30.5 Å². The summed E-state index contributed by atoms with van der Waals surface area (Å²) < 4.78 is 21.8. The highest BCUT2D eigenvalue weighted by molar-refractivity contribution is 6.46. The minimum Gasteiger partial charge on any atom is -0.507 e. The largest absolute Gasteiger partial charge is 0.507 e. The number of benzene rings is 2. The summed E-state index contributed by atoms with van der Waals surface area (Å²) in [5.74, 6) is -0.837. The van der Waals surface area contributed by atoms with Gasteiger partial charge in [-0.25, -0.2) is 0 Å². The van der Waals surface area contributed by atoms with Gasteiger partial charge in [0.1, 0.15) is 23.0 Å². The highest BCUT2D eigenvalue weighted by Gasteiger charge is 2.47. The minimum absolute atomic E-state index is 0.0771. The monoisotopic (exact) mass is 503 g/mol. The zero-order valence-electron chi connectivity index (χ0n) is 20.5. The van der Waals surface area contributed by atoms with Gasteiger partial charge in [-0.05, 0) is 32.4 Å². The number of nitrogens with zero attached hydrogens (tertiary/aromatic N) is 1. The topological polar surface area (TPSA) is 94.5 Å². The Bertz CT molecular complexity index is 1130. The van der Waals surface area contributed by atoms with E-state index in [1.165, 1.54) is 31.3 Å². The van der Waals surface area contributed by atoms with E-state index in [1.54, 1.807) is 25.3 Å². The van der Waals surface area contributed by atoms with Crippen molar-refractivity contribution < 1.29 is 33.6 Å². The average Bonchev–Trinajstić information content (AvgIpc) is 3.08. The van der Waals surface area contributed by atoms with E-state index in [9.17, 15) is 14.7 Å². The molecule has 1 aliphatic heterocycles. The molecule has 0 saturated carbocycles.